The molecule has 0 aliphatic carbocycles. The molecule has 2 aromatic rings. The quantitative estimate of drug-likeness (QED) is 0.565. The van der Waals surface area contributed by atoms with E-state index in [0.717, 1.165) is 6.07 Å². The van der Waals surface area contributed by atoms with Crippen LogP contribution in [0.3, 0.4) is 0 Å². The summed E-state index contributed by atoms with van der Waals surface area (Å²) in [5.74, 6) is 0.617. The van der Waals surface area contributed by atoms with Gasteiger partial charge in [0.25, 0.3) is 5.69 Å². The first-order chi connectivity index (χ1) is 11.3. The van der Waals surface area contributed by atoms with E-state index in [2.05, 4.69) is 20.2 Å². The van der Waals surface area contributed by atoms with Crippen LogP contribution < -0.4 is 10.0 Å². The normalized spacial score (nSPS) is 11.7. The van der Waals surface area contributed by atoms with E-state index in [-0.39, 0.29) is 28.9 Å². The van der Waals surface area contributed by atoms with E-state index < -0.39 is 14.9 Å². The van der Waals surface area contributed by atoms with Gasteiger partial charge < -0.3 is 9.88 Å². The second-order valence-electron chi connectivity index (χ2n) is 5.25. The van der Waals surface area contributed by atoms with Gasteiger partial charge in [0.2, 0.25) is 10.0 Å². The second kappa shape index (κ2) is 6.93. The number of nitrogens with one attached hydrogen (secondary N) is 2. The Kier molecular flexibility index (Phi) is 5.14. The van der Waals surface area contributed by atoms with Crippen LogP contribution in [0.4, 0.5) is 11.4 Å². The molecule has 1 heterocycles. The highest BCUT2D eigenvalue weighted by Gasteiger charge is 2.20. The first-order valence-electron chi connectivity index (χ1n) is 7.10. The van der Waals surface area contributed by atoms with Gasteiger partial charge in [-0.25, -0.2) is 13.1 Å². The Labute approximate surface area is 139 Å². The first-order valence-corrected chi connectivity index (χ1v) is 8.59. The Morgan fingerprint density at radius 2 is 2.08 bits per heavy atom. The topological polar surface area (TPSA) is 132 Å². The van der Waals surface area contributed by atoms with Crippen molar-refractivity contribution in [1.29, 1.82) is 0 Å². The van der Waals surface area contributed by atoms with E-state index >= 15 is 0 Å². The van der Waals surface area contributed by atoms with Crippen molar-refractivity contribution in [3.05, 3.63) is 40.5 Å². The summed E-state index contributed by atoms with van der Waals surface area (Å²) in [6.07, 6.45) is 1.58. The first kappa shape index (κ1) is 17.8. The highest BCUT2D eigenvalue weighted by Crippen LogP contribution is 2.28. The fourth-order valence-electron chi connectivity index (χ4n) is 2.10. The van der Waals surface area contributed by atoms with Crippen LogP contribution in [0.1, 0.15) is 25.7 Å². The average Bonchev–Trinajstić information content (AvgIpc) is 3.01. The Balaban J connectivity index is 2.30. The molecule has 0 fully saturated rings. The van der Waals surface area contributed by atoms with Crippen LogP contribution in [0.5, 0.6) is 0 Å². The highest BCUT2D eigenvalue weighted by atomic mass is 32.2. The highest BCUT2D eigenvalue weighted by molar-refractivity contribution is 7.89. The molecule has 0 atom stereocenters. The van der Waals surface area contributed by atoms with Crippen molar-refractivity contribution in [3.63, 3.8) is 0 Å². The van der Waals surface area contributed by atoms with Gasteiger partial charge in [0, 0.05) is 12.1 Å². The zero-order valence-corrected chi connectivity index (χ0v) is 14.2. The lowest BCUT2D eigenvalue weighted by Crippen LogP contribution is -2.19. The van der Waals surface area contributed by atoms with Crippen molar-refractivity contribution < 1.29 is 13.3 Å². The van der Waals surface area contributed by atoms with Crippen LogP contribution >= 0.6 is 0 Å². The third kappa shape index (κ3) is 3.68. The SMILES string of the molecule is CNS(=O)(=O)c1ccc(NCc2nncn2C(C)C)c([N+](=O)[O-])c1. The van der Waals surface area contributed by atoms with E-state index in [1.165, 1.54) is 19.2 Å². The molecule has 0 aliphatic heterocycles. The summed E-state index contributed by atoms with van der Waals surface area (Å²) in [6, 6.07) is 3.82. The maximum absolute atomic E-state index is 11.8. The number of nitrogens with zero attached hydrogens (tertiary/aromatic N) is 4. The average molecular weight is 354 g/mol. The van der Waals surface area contributed by atoms with E-state index in [0.29, 0.717) is 5.82 Å². The van der Waals surface area contributed by atoms with Gasteiger partial charge in [-0.3, -0.25) is 10.1 Å². The van der Waals surface area contributed by atoms with Gasteiger partial charge in [-0.1, -0.05) is 0 Å². The molecular formula is C13H18N6O4S. The molecule has 1 aromatic heterocycles. The van der Waals surface area contributed by atoms with Gasteiger partial charge in [-0.05, 0) is 33.0 Å². The zero-order valence-electron chi connectivity index (χ0n) is 13.4. The van der Waals surface area contributed by atoms with Crippen LogP contribution in [-0.2, 0) is 16.6 Å². The maximum Gasteiger partial charge on any atom is 0.293 e. The Morgan fingerprint density at radius 3 is 2.67 bits per heavy atom. The number of sulfonamides is 1. The molecule has 11 heteroatoms. The molecular weight excluding hydrogens is 336 g/mol. The number of hydrogen-bond donors (Lipinski definition) is 2. The molecule has 130 valence electrons. The van der Waals surface area contributed by atoms with Gasteiger partial charge in [0.15, 0.2) is 5.82 Å². The lowest BCUT2D eigenvalue weighted by molar-refractivity contribution is -0.384. The third-order valence-electron chi connectivity index (χ3n) is 3.39. The van der Waals surface area contributed by atoms with Crippen molar-refractivity contribution in [2.24, 2.45) is 0 Å². The van der Waals surface area contributed by atoms with Gasteiger partial charge in [-0.15, -0.1) is 10.2 Å². The smallest absolute Gasteiger partial charge is 0.293 e. The Hall–Kier alpha value is -2.53. The molecule has 0 saturated carbocycles. The fourth-order valence-corrected chi connectivity index (χ4v) is 2.85. The van der Waals surface area contributed by atoms with Crippen LogP contribution in [0.25, 0.3) is 0 Å². The molecule has 0 spiro atoms. The summed E-state index contributed by atoms with van der Waals surface area (Å²) in [7, 11) is -2.51. The number of nitro groups is 1. The van der Waals surface area contributed by atoms with Crippen LogP contribution in [0.2, 0.25) is 0 Å². The molecule has 2 N–H and O–H groups in total. The second-order valence-corrected chi connectivity index (χ2v) is 7.13. The Morgan fingerprint density at radius 1 is 1.38 bits per heavy atom. The van der Waals surface area contributed by atoms with E-state index in [4.69, 9.17) is 0 Å². The monoisotopic (exact) mass is 354 g/mol. The minimum atomic E-state index is -3.76. The largest absolute Gasteiger partial charge is 0.372 e. The lowest BCUT2D eigenvalue weighted by Gasteiger charge is -2.12. The van der Waals surface area contributed by atoms with Crippen LogP contribution in [-0.4, -0.2) is 35.2 Å². The molecule has 0 bridgehead atoms. The minimum Gasteiger partial charge on any atom is -0.372 e. The van der Waals surface area contributed by atoms with Crippen molar-refractivity contribution in [1.82, 2.24) is 19.5 Å². The van der Waals surface area contributed by atoms with Crippen molar-refractivity contribution in [2.75, 3.05) is 12.4 Å². The summed E-state index contributed by atoms with van der Waals surface area (Å²) in [4.78, 5) is 10.4. The molecule has 0 saturated heterocycles. The standard InChI is InChI=1S/C13H18N6O4S/c1-9(2)18-8-16-17-13(18)7-15-11-5-4-10(24(22,23)14-3)6-12(11)19(20)21/h4-6,8-9,14-15H,7H2,1-3H3. The number of nitro benzene ring substituents is 1. The minimum absolute atomic E-state index is 0.148. The summed E-state index contributed by atoms with van der Waals surface area (Å²) in [5.41, 5.74) is -0.129. The number of anilines is 1. The summed E-state index contributed by atoms with van der Waals surface area (Å²) in [6.45, 7) is 4.15. The maximum atomic E-state index is 11.8. The third-order valence-corrected chi connectivity index (χ3v) is 4.80. The fraction of sp³-hybridized carbons (Fsp3) is 0.385. The van der Waals surface area contributed by atoms with E-state index in [9.17, 15) is 18.5 Å². The molecule has 0 unspecified atom stereocenters. The van der Waals surface area contributed by atoms with Crippen LogP contribution in [0, 0.1) is 10.1 Å². The molecule has 24 heavy (non-hydrogen) atoms. The molecule has 10 nitrogen and oxygen atoms in total. The number of benzene rings is 1. The van der Waals surface area contributed by atoms with Crippen molar-refractivity contribution in [2.45, 2.75) is 31.3 Å². The summed E-state index contributed by atoms with van der Waals surface area (Å²) >= 11 is 0. The Bertz CT molecular complexity index is 846. The van der Waals surface area contributed by atoms with E-state index in [1.54, 1.807) is 6.33 Å². The van der Waals surface area contributed by atoms with Gasteiger partial charge in [-0.2, -0.15) is 0 Å². The molecule has 1 aromatic carbocycles. The van der Waals surface area contributed by atoms with Gasteiger partial charge in [0.05, 0.1) is 16.4 Å². The molecule has 0 aliphatic rings. The summed E-state index contributed by atoms with van der Waals surface area (Å²) in [5, 5.41) is 21.9. The lowest BCUT2D eigenvalue weighted by atomic mass is 10.2. The van der Waals surface area contributed by atoms with Gasteiger partial charge >= 0.3 is 0 Å². The van der Waals surface area contributed by atoms with Gasteiger partial charge in [0.1, 0.15) is 12.0 Å². The molecule has 0 radical (unpaired) electrons. The molecule has 2 rings (SSSR count). The van der Waals surface area contributed by atoms with Crippen molar-refractivity contribution in [3.8, 4) is 0 Å². The predicted molar refractivity (Wildman–Crippen MR) is 87.1 cm³/mol. The van der Waals surface area contributed by atoms with E-state index in [1.807, 2.05) is 18.4 Å². The van der Waals surface area contributed by atoms with Crippen molar-refractivity contribution >= 4 is 21.4 Å². The number of rotatable bonds is 7. The zero-order chi connectivity index (χ0) is 17.9. The predicted octanol–water partition coefficient (Wildman–Crippen LogP) is 1.29. The summed E-state index contributed by atoms with van der Waals surface area (Å²) < 4.78 is 27.5. The number of hydrogen-bond acceptors (Lipinski definition) is 7. The number of aromatic nitrogens is 3. The molecule has 0 amide bonds. The van der Waals surface area contributed by atoms with Crippen LogP contribution in [0.15, 0.2) is 29.4 Å².